The molecule has 3 aromatic heterocycles. The van der Waals surface area contributed by atoms with Gasteiger partial charge in [0.05, 0.1) is 16.6 Å². The van der Waals surface area contributed by atoms with Gasteiger partial charge in [0.15, 0.2) is 17.5 Å². The topological polar surface area (TPSA) is 104 Å². The number of H-pyrrole nitrogens is 1. The molecule has 25 heavy (non-hydrogen) atoms. The zero-order valence-corrected chi connectivity index (χ0v) is 13.6. The van der Waals surface area contributed by atoms with Crippen LogP contribution in [0.5, 0.6) is 0 Å². The monoisotopic (exact) mass is 361 g/mol. The van der Waals surface area contributed by atoms with Crippen LogP contribution in [-0.4, -0.2) is 37.6 Å². The first kappa shape index (κ1) is 15.8. The molecule has 0 saturated heterocycles. The van der Waals surface area contributed by atoms with Gasteiger partial charge in [0.25, 0.3) is 0 Å². The molecule has 3 heterocycles. The number of pyridine rings is 1. The molecule has 0 aliphatic heterocycles. The van der Waals surface area contributed by atoms with Crippen LogP contribution in [0.4, 0.5) is 10.2 Å². The Morgan fingerprint density at radius 1 is 1.40 bits per heavy atom. The van der Waals surface area contributed by atoms with Crippen molar-refractivity contribution in [3.63, 3.8) is 0 Å². The molecule has 7 nitrogen and oxygen atoms in total. The smallest absolute Gasteiger partial charge is 0.311 e. The Bertz CT molecular complexity index is 986. The van der Waals surface area contributed by atoms with Gasteiger partial charge in [-0.1, -0.05) is 11.6 Å². The van der Waals surface area contributed by atoms with Crippen molar-refractivity contribution in [2.24, 2.45) is 5.41 Å². The van der Waals surface area contributed by atoms with Gasteiger partial charge in [0, 0.05) is 29.9 Å². The molecule has 1 saturated carbocycles. The zero-order chi connectivity index (χ0) is 17.6. The molecule has 1 fully saturated rings. The lowest BCUT2D eigenvalue weighted by Crippen LogP contribution is -2.25. The van der Waals surface area contributed by atoms with E-state index in [0.717, 1.165) is 6.20 Å². The van der Waals surface area contributed by atoms with Gasteiger partial charge in [-0.15, -0.1) is 0 Å². The molecular formula is C16H13ClFN5O2. The Hall–Kier alpha value is -2.74. The second-order valence-corrected chi connectivity index (χ2v) is 6.52. The number of halogens is 2. The molecule has 0 bridgehead atoms. The van der Waals surface area contributed by atoms with Gasteiger partial charge in [-0.25, -0.2) is 19.3 Å². The lowest BCUT2D eigenvalue weighted by Gasteiger charge is -2.12. The number of nitrogens with one attached hydrogen (secondary N) is 2. The van der Waals surface area contributed by atoms with Crippen LogP contribution in [0.15, 0.2) is 24.7 Å². The highest BCUT2D eigenvalue weighted by Gasteiger charge is 2.50. The molecule has 3 N–H and O–H groups in total. The summed E-state index contributed by atoms with van der Waals surface area (Å²) in [4.78, 5) is 26.6. The van der Waals surface area contributed by atoms with Gasteiger partial charge < -0.3 is 15.4 Å². The molecule has 1 aliphatic rings. The molecule has 0 aromatic carbocycles. The summed E-state index contributed by atoms with van der Waals surface area (Å²) >= 11 is 5.98. The Morgan fingerprint density at radius 2 is 2.20 bits per heavy atom. The zero-order valence-electron chi connectivity index (χ0n) is 12.9. The van der Waals surface area contributed by atoms with E-state index in [1.54, 1.807) is 12.3 Å². The molecule has 0 amide bonds. The summed E-state index contributed by atoms with van der Waals surface area (Å²) in [5, 5.41) is 13.2. The van der Waals surface area contributed by atoms with Gasteiger partial charge in [-0.05, 0) is 18.9 Å². The van der Waals surface area contributed by atoms with Crippen molar-refractivity contribution in [2.75, 3.05) is 11.9 Å². The van der Waals surface area contributed by atoms with Crippen molar-refractivity contribution in [2.45, 2.75) is 12.8 Å². The molecule has 9 heteroatoms. The van der Waals surface area contributed by atoms with Crippen LogP contribution in [0, 0.1) is 11.2 Å². The first-order chi connectivity index (χ1) is 12.0. The largest absolute Gasteiger partial charge is 0.481 e. The number of rotatable bonds is 5. The minimum absolute atomic E-state index is 0.0261. The number of fused-ring (bicyclic) bond motifs is 1. The van der Waals surface area contributed by atoms with E-state index in [1.807, 2.05) is 0 Å². The normalized spacial score (nSPS) is 15.3. The minimum Gasteiger partial charge on any atom is -0.481 e. The fourth-order valence-corrected chi connectivity index (χ4v) is 2.81. The lowest BCUT2D eigenvalue weighted by molar-refractivity contribution is -0.142. The Labute approximate surface area is 146 Å². The van der Waals surface area contributed by atoms with Crippen molar-refractivity contribution in [3.05, 3.63) is 35.5 Å². The van der Waals surface area contributed by atoms with Crippen LogP contribution in [0.25, 0.3) is 22.4 Å². The van der Waals surface area contributed by atoms with E-state index in [4.69, 9.17) is 11.6 Å². The number of hydrogen-bond donors (Lipinski definition) is 3. The van der Waals surface area contributed by atoms with Gasteiger partial charge in [0.2, 0.25) is 0 Å². The van der Waals surface area contributed by atoms with Crippen LogP contribution < -0.4 is 5.32 Å². The molecule has 0 unspecified atom stereocenters. The standard InChI is InChI=1S/C16H13ClFN5O2/c17-8-3-9-10(5-20-12(9)19-4-8)13-21-6-11(18)14(23-13)22-7-16(1-2-16)15(24)25/h3-6H,1-2,7H2,(H,19,20)(H,24,25)(H,21,22,23). The maximum atomic E-state index is 14.0. The number of aromatic amines is 1. The third kappa shape index (κ3) is 2.78. The molecule has 0 spiro atoms. The Morgan fingerprint density at radius 3 is 2.92 bits per heavy atom. The molecule has 0 radical (unpaired) electrons. The van der Waals surface area contributed by atoms with Crippen LogP contribution in [0.3, 0.4) is 0 Å². The molecule has 3 aromatic rings. The van der Waals surface area contributed by atoms with E-state index in [-0.39, 0.29) is 12.4 Å². The Balaban J connectivity index is 1.67. The van der Waals surface area contributed by atoms with E-state index in [0.29, 0.717) is 40.3 Å². The minimum atomic E-state index is -0.882. The summed E-state index contributed by atoms with van der Waals surface area (Å²) in [5.74, 6) is -1.26. The average Bonchev–Trinajstić information content (AvgIpc) is 3.28. The van der Waals surface area contributed by atoms with Crippen LogP contribution in [0.1, 0.15) is 12.8 Å². The molecule has 1 aliphatic carbocycles. The van der Waals surface area contributed by atoms with Gasteiger partial charge >= 0.3 is 5.97 Å². The van der Waals surface area contributed by atoms with Crippen LogP contribution in [0.2, 0.25) is 5.02 Å². The van der Waals surface area contributed by atoms with E-state index >= 15 is 0 Å². The highest BCUT2D eigenvalue weighted by Crippen LogP contribution is 2.45. The maximum absolute atomic E-state index is 14.0. The van der Waals surface area contributed by atoms with Crippen molar-refractivity contribution < 1.29 is 14.3 Å². The summed E-state index contributed by atoms with van der Waals surface area (Å²) in [7, 11) is 0. The number of hydrogen-bond acceptors (Lipinski definition) is 5. The van der Waals surface area contributed by atoms with Gasteiger partial charge in [-0.3, -0.25) is 4.79 Å². The van der Waals surface area contributed by atoms with Crippen molar-refractivity contribution in [1.82, 2.24) is 19.9 Å². The molecule has 128 valence electrons. The number of carbonyl (C=O) groups is 1. The lowest BCUT2D eigenvalue weighted by atomic mass is 10.1. The van der Waals surface area contributed by atoms with Gasteiger partial charge in [-0.2, -0.15) is 0 Å². The van der Waals surface area contributed by atoms with E-state index in [9.17, 15) is 14.3 Å². The van der Waals surface area contributed by atoms with E-state index in [1.165, 1.54) is 6.20 Å². The third-order valence-electron chi connectivity index (χ3n) is 4.38. The first-order valence-electron chi connectivity index (χ1n) is 7.61. The van der Waals surface area contributed by atoms with Crippen LogP contribution >= 0.6 is 11.6 Å². The number of carboxylic acids is 1. The summed E-state index contributed by atoms with van der Waals surface area (Å²) in [6.07, 6.45) is 5.39. The SMILES string of the molecule is O=C(O)C1(CNc2nc(-c3c[nH]c4ncc(Cl)cc34)ncc2F)CC1. The van der Waals surface area contributed by atoms with E-state index < -0.39 is 17.2 Å². The maximum Gasteiger partial charge on any atom is 0.311 e. The second kappa shape index (κ2) is 5.66. The molecule has 0 atom stereocenters. The number of nitrogens with zero attached hydrogens (tertiary/aromatic N) is 3. The van der Waals surface area contributed by atoms with Crippen LogP contribution in [-0.2, 0) is 4.79 Å². The highest BCUT2D eigenvalue weighted by molar-refractivity contribution is 6.31. The summed E-state index contributed by atoms with van der Waals surface area (Å²) in [6.45, 7) is 0.122. The van der Waals surface area contributed by atoms with Crippen molar-refractivity contribution in [1.29, 1.82) is 0 Å². The van der Waals surface area contributed by atoms with Crippen molar-refractivity contribution in [3.8, 4) is 11.4 Å². The average molecular weight is 362 g/mol. The van der Waals surface area contributed by atoms with Gasteiger partial charge in [0.1, 0.15) is 5.65 Å². The number of aromatic nitrogens is 4. The first-order valence-corrected chi connectivity index (χ1v) is 7.99. The predicted molar refractivity (Wildman–Crippen MR) is 89.9 cm³/mol. The fraction of sp³-hybridized carbons (Fsp3) is 0.250. The molecular weight excluding hydrogens is 349 g/mol. The predicted octanol–water partition coefficient (Wildman–Crippen LogP) is 3.09. The number of anilines is 1. The number of aliphatic carboxylic acids is 1. The second-order valence-electron chi connectivity index (χ2n) is 6.08. The quantitative estimate of drug-likeness (QED) is 0.645. The molecule has 4 rings (SSSR count). The van der Waals surface area contributed by atoms with E-state index in [2.05, 4.69) is 25.3 Å². The third-order valence-corrected chi connectivity index (χ3v) is 4.59. The number of carboxylic acid groups (broad SMARTS) is 1. The summed E-state index contributed by atoms with van der Waals surface area (Å²) in [5.41, 5.74) is 0.424. The fourth-order valence-electron chi connectivity index (χ4n) is 2.65. The Kier molecular flexibility index (Phi) is 3.57. The highest BCUT2D eigenvalue weighted by atomic mass is 35.5. The summed E-state index contributed by atoms with van der Waals surface area (Å²) < 4.78 is 14.0. The summed E-state index contributed by atoms with van der Waals surface area (Å²) in [6, 6.07) is 1.72. The van der Waals surface area contributed by atoms with Crippen molar-refractivity contribution >= 4 is 34.4 Å².